The van der Waals surface area contributed by atoms with Crippen molar-refractivity contribution in [3.63, 3.8) is 0 Å². The predicted molar refractivity (Wildman–Crippen MR) is 46.5 cm³/mol. The van der Waals surface area contributed by atoms with Gasteiger partial charge in [-0.1, -0.05) is 6.58 Å². The van der Waals surface area contributed by atoms with Crippen LogP contribution in [0.4, 0.5) is 0 Å². The van der Waals surface area contributed by atoms with E-state index in [1.165, 1.54) is 6.20 Å². The van der Waals surface area contributed by atoms with Crippen LogP contribution in [0.2, 0.25) is 0 Å². The lowest BCUT2D eigenvalue weighted by Gasteiger charge is -2.03. The molecule has 1 N–H and O–H groups in total. The lowest BCUT2D eigenvalue weighted by atomic mass is 10.3. The molecule has 68 valence electrons. The fourth-order valence-electron chi connectivity index (χ4n) is 0.665. The Kier molecular flexibility index (Phi) is 3.03. The molecule has 4 nitrogen and oxygen atoms in total. The van der Waals surface area contributed by atoms with Gasteiger partial charge in [0.15, 0.2) is 0 Å². The van der Waals surface area contributed by atoms with E-state index in [2.05, 4.69) is 11.6 Å². The Morgan fingerprint density at radius 3 is 3.00 bits per heavy atom. The molecule has 0 aromatic carbocycles. The second kappa shape index (κ2) is 4.25. The van der Waals surface area contributed by atoms with Crippen LogP contribution in [0.15, 0.2) is 36.7 Å². The maximum atomic E-state index is 10.3. The minimum absolute atomic E-state index is 0.0175. The van der Waals surface area contributed by atoms with Crippen LogP contribution in [0.25, 0.3) is 0 Å². The first-order valence-corrected chi connectivity index (χ1v) is 3.64. The molecule has 0 saturated heterocycles. The van der Waals surface area contributed by atoms with Crippen molar-refractivity contribution in [3.05, 3.63) is 36.7 Å². The van der Waals surface area contributed by atoms with Crippen LogP contribution in [0.1, 0.15) is 0 Å². The van der Waals surface area contributed by atoms with E-state index in [0.717, 1.165) is 0 Å². The number of nitrogens with zero attached hydrogens (tertiary/aromatic N) is 1. The molecular weight excluding hydrogens is 170 g/mol. The van der Waals surface area contributed by atoms with Crippen molar-refractivity contribution in [2.45, 2.75) is 0 Å². The number of rotatable bonds is 4. The first-order chi connectivity index (χ1) is 6.20. The van der Waals surface area contributed by atoms with Gasteiger partial charge in [-0.2, -0.15) is 0 Å². The Morgan fingerprint density at radius 2 is 2.46 bits per heavy atom. The fourth-order valence-corrected chi connectivity index (χ4v) is 0.665. The van der Waals surface area contributed by atoms with Gasteiger partial charge in [0.2, 0.25) is 0 Å². The second-order valence-corrected chi connectivity index (χ2v) is 2.39. The molecule has 0 radical (unpaired) electrons. The quantitative estimate of drug-likeness (QED) is 0.703. The summed E-state index contributed by atoms with van der Waals surface area (Å²) in [5, 5.41) is 8.46. The molecule has 0 aliphatic carbocycles. The van der Waals surface area contributed by atoms with Gasteiger partial charge in [-0.05, 0) is 12.1 Å². The Labute approximate surface area is 75.5 Å². The average Bonchev–Trinajstić information content (AvgIpc) is 2.15. The van der Waals surface area contributed by atoms with Gasteiger partial charge in [0, 0.05) is 6.20 Å². The van der Waals surface area contributed by atoms with E-state index in [9.17, 15) is 4.79 Å². The molecule has 0 saturated carbocycles. The zero-order valence-corrected chi connectivity index (χ0v) is 6.93. The maximum absolute atomic E-state index is 10.3. The topological polar surface area (TPSA) is 59.4 Å². The number of carboxylic acid groups (broad SMARTS) is 1. The molecule has 0 spiro atoms. The molecule has 0 bridgehead atoms. The van der Waals surface area contributed by atoms with E-state index in [4.69, 9.17) is 9.84 Å². The van der Waals surface area contributed by atoms with Gasteiger partial charge in [0.25, 0.3) is 0 Å². The van der Waals surface area contributed by atoms with Crippen LogP contribution in [-0.4, -0.2) is 22.7 Å². The molecule has 0 amide bonds. The Bertz CT molecular complexity index is 308. The van der Waals surface area contributed by atoms with Crippen molar-refractivity contribution in [1.29, 1.82) is 0 Å². The first-order valence-electron chi connectivity index (χ1n) is 3.64. The number of aliphatic carboxylic acids is 1. The molecule has 1 heterocycles. The highest BCUT2D eigenvalue weighted by Gasteiger charge is 2.03. The number of aromatic nitrogens is 1. The second-order valence-electron chi connectivity index (χ2n) is 2.39. The third-order valence-electron chi connectivity index (χ3n) is 1.35. The first kappa shape index (κ1) is 9.25. The van der Waals surface area contributed by atoms with Gasteiger partial charge in [0.05, 0.1) is 11.8 Å². The van der Waals surface area contributed by atoms with Crippen LogP contribution in [0, 0.1) is 0 Å². The number of carboxylic acids is 1. The van der Waals surface area contributed by atoms with E-state index in [0.29, 0.717) is 5.75 Å². The van der Waals surface area contributed by atoms with Gasteiger partial charge in [0.1, 0.15) is 12.4 Å². The average molecular weight is 179 g/mol. The third kappa shape index (κ3) is 2.94. The standard InChI is InChI=1S/C9H9NO3/c1-7(9(11)12)6-13-8-3-2-4-10-5-8/h2-5H,1,6H2,(H,11,12). The fraction of sp³-hybridized carbons (Fsp3) is 0.111. The van der Waals surface area contributed by atoms with Crippen molar-refractivity contribution in [1.82, 2.24) is 4.98 Å². The molecule has 0 unspecified atom stereocenters. The van der Waals surface area contributed by atoms with Gasteiger partial charge in [-0.25, -0.2) is 4.79 Å². The van der Waals surface area contributed by atoms with Crippen LogP contribution in [0.3, 0.4) is 0 Å². The summed E-state index contributed by atoms with van der Waals surface area (Å²) in [6, 6.07) is 3.40. The third-order valence-corrected chi connectivity index (χ3v) is 1.35. The smallest absolute Gasteiger partial charge is 0.334 e. The zero-order chi connectivity index (χ0) is 9.68. The largest absolute Gasteiger partial charge is 0.487 e. The van der Waals surface area contributed by atoms with Crippen molar-refractivity contribution in [2.75, 3.05) is 6.61 Å². The van der Waals surface area contributed by atoms with Crippen LogP contribution < -0.4 is 4.74 Å². The highest BCUT2D eigenvalue weighted by Crippen LogP contribution is 2.07. The SMILES string of the molecule is C=C(COc1cccnc1)C(=O)O. The Hall–Kier alpha value is -1.84. The number of hydrogen-bond acceptors (Lipinski definition) is 3. The summed E-state index contributed by atoms with van der Waals surface area (Å²) in [4.78, 5) is 14.1. The minimum Gasteiger partial charge on any atom is -0.487 e. The minimum atomic E-state index is -1.05. The number of ether oxygens (including phenoxy) is 1. The zero-order valence-electron chi connectivity index (χ0n) is 6.93. The van der Waals surface area contributed by atoms with Crippen molar-refractivity contribution < 1.29 is 14.6 Å². The summed E-state index contributed by atoms with van der Waals surface area (Å²) in [5.41, 5.74) is 0.0175. The van der Waals surface area contributed by atoms with Gasteiger partial charge < -0.3 is 9.84 Å². The normalized spacial score (nSPS) is 9.23. The van der Waals surface area contributed by atoms with Gasteiger partial charge in [-0.15, -0.1) is 0 Å². The van der Waals surface area contributed by atoms with Crippen LogP contribution in [0.5, 0.6) is 5.75 Å². The molecule has 1 aromatic rings. The molecule has 0 atom stereocenters. The Balaban J connectivity index is 2.44. The summed E-state index contributed by atoms with van der Waals surface area (Å²) in [7, 11) is 0. The summed E-state index contributed by atoms with van der Waals surface area (Å²) in [5.74, 6) is -0.520. The predicted octanol–water partition coefficient (Wildman–Crippen LogP) is 1.10. The van der Waals surface area contributed by atoms with Crippen molar-refractivity contribution in [3.8, 4) is 5.75 Å². The molecule has 0 fully saturated rings. The maximum Gasteiger partial charge on any atom is 0.334 e. The summed E-state index contributed by atoms with van der Waals surface area (Å²) in [6.45, 7) is 3.30. The highest BCUT2D eigenvalue weighted by atomic mass is 16.5. The number of hydrogen-bond donors (Lipinski definition) is 1. The molecule has 1 rings (SSSR count). The summed E-state index contributed by atoms with van der Waals surface area (Å²) < 4.78 is 5.09. The lowest BCUT2D eigenvalue weighted by molar-refractivity contribution is -0.133. The van der Waals surface area contributed by atoms with E-state index >= 15 is 0 Å². The van der Waals surface area contributed by atoms with E-state index in [1.807, 2.05) is 0 Å². The summed E-state index contributed by atoms with van der Waals surface area (Å²) in [6.07, 6.45) is 3.12. The number of carbonyl (C=O) groups is 1. The number of pyridine rings is 1. The van der Waals surface area contributed by atoms with Crippen molar-refractivity contribution >= 4 is 5.97 Å². The molecule has 1 aromatic heterocycles. The lowest BCUT2D eigenvalue weighted by Crippen LogP contribution is -2.08. The van der Waals surface area contributed by atoms with Crippen LogP contribution in [-0.2, 0) is 4.79 Å². The molecule has 4 heteroatoms. The van der Waals surface area contributed by atoms with Crippen LogP contribution >= 0.6 is 0 Å². The molecule has 0 aliphatic heterocycles. The highest BCUT2D eigenvalue weighted by molar-refractivity contribution is 5.86. The van der Waals surface area contributed by atoms with E-state index in [-0.39, 0.29) is 12.2 Å². The molecular formula is C9H9NO3. The Morgan fingerprint density at radius 1 is 1.69 bits per heavy atom. The molecule has 0 aliphatic rings. The summed E-state index contributed by atoms with van der Waals surface area (Å²) >= 11 is 0. The van der Waals surface area contributed by atoms with Crippen molar-refractivity contribution in [2.24, 2.45) is 0 Å². The monoisotopic (exact) mass is 179 g/mol. The van der Waals surface area contributed by atoms with E-state index < -0.39 is 5.97 Å². The van der Waals surface area contributed by atoms with Gasteiger partial charge >= 0.3 is 5.97 Å². The van der Waals surface area contributed by atoms with Gasteiger partial charge in [-0.3, -0.25) is 4.98 Å². The molecule has 13 heavy (non-hydrogen) atoms. The van der Waals surface area contributed by atoms with E-state index in [1.54, 1.807) is 18.3 Å².